The lowest BCUT2D eigenvalue weighted by atomic mass is 9.84. The van der Waals surface area contributed by atoms with Crippen molar-refractivity contribution in [2.45, 2.75) is 16.9 Å². The van der Waals surface area contributed by atoms with Gasteiger partial charge in [-0.25, -0.2) is 25.9 Å². The minimum Gasteiger partial charge on any atom is -0.497 e. The van der Waals surface area contributed by atoms with Crippen molar-refractivity contribution in [1.29, 1.82) is 0 Å². The van der Waals surface area contributed by atoms with Crippen LogP contribution < -0.4 is 24.2 Å². The maximum absolute atomic E-state index is 14.6. The number of carbonyl (C=O) groups excluding carboxylic acids is 1. The summed E-state index contributed by atoms with van der Waals surface area (Å²) in [6.45, 7) is -1.01. The fourth-order valence-electron chi connectivity index (χ4n) is 4.06. The van der Waals surface area contributed by atoms with Crippen molar-refractivity contribution in [3.8, 4) is 17.2 Å². The number of methoxy groups -OCH3 is 2. The van der Waals surface area contributed by atoms with Crippen LogP contribution in [0.4, 0.5) is 18.9 Å². The topological polar surface area (TPSA) is 108 Å². The average Bonchev–Trinajstić information content (AvgIpc) is 3.09. The number of anilines is 1. The lowest BCUT2D eigenvalue weighted by molar-refractivity contribution is -0.120. The van der Waals surface area contributed by atoms with E-state index in [2.05, 4.69) is 0 Å². The van der Waals surface area contributed by atoms with E-state index in [1.807, 2.05) is 0 Å². The number of nitrogens with two attached hydrogens (primary N) is 1. The largest absolute Gasteiger partial charge is 0.497 e. The van der Waals surface area contributed by atoms with Crippen molar-refractivity contribution < 1.29 is 40.6 Å². The van der Waals surface area contributed by atoms with Crippen LogP contribution in [-0.4, -0.2) is 41.6 Å². The highest BCUT2D eigenvalue weighted by atomic mass is 35.5. The van der Waals surface area contributed by atoms with Crippen LogP contribution in [0.3, 0.4) is 0 Å². The van der Waals surface area contributed by atoms with Gasteiger partial charge >= 0.3 is 0 Å². The van der Waals surface area contributed by atoms with Gasteiger partial charge in [0.25, 0.3) is 22.4 Å². The fraction of sp³-hybridized carbons (Fsp3) is 0.208. The van der Waals surface area contributed by atoms with E-state index in [1.54, 1.807) is 0 Å². The Bertz CT molecular complexity index is 1490. The summed E-state index contributed by atoms with van der Waals surface area (Å²) in [7, 11) is -2.18. The second-order valence-corrected chi connectivity index (χ2v) is 10.0. The molecule has 8 nitrogen and oxygen atoms in total. The van der Waals surface area contributed by atoms with Gasteiger partial charge in [-0.05, 0) is 24.3 Å². The molecule has 1 unspecified atom stereocenters. The predicted molar refractivity (Wildman–Crippen MR) is 129 cm³/mol. The van der Waals surface area contributed by atoms with Gasteiger partial charge < -0.3 is 19.9 Å². The summed E-state index contributed by atoms with van der Waals surface area (Å²) in [6, 6.07) is 11.1. The van der Waals surface area contributed by atoms with Crippen LogP contribution >= 0.6 is 11.6 Å². The average molecular weight is 557 g/mol. The summed E-state index contributed by atoms with van der Waals surface area (Å²) in [5, 5.41) is -0.436. The molecule has 1 atom stereocenters. The van der Waals surface area contributed by atoms with Gasteiger partial charge in [0.1, 0.15) is 34.6 Å². The number of para-hydroxylation sites is 1. The number of nitrogens with zero attached hydrogens (tertiary/aromatic N) is 1. The molecule has 1 amide bonds. The predicted octanol–water partition coefficient (Wildman–Crippen LogP) is 4.08. The first-order valence-corrected chi connectivity index (χ1v) is 12.4. The highest BCUT2D eigenvalue weighted by Crippen LogP contribution is 2.49. The molecule has 4 rings (SSSR count). The smallest absolute Gasteiger partial charge is 0.274 e. The quantitative estimate of drug-likeness (QED) is 0.445. The van der Waals surface area contributed by atoms with Gasteiger partial charge in [0.05, 0.1) is 24.9 Å². The molecule has 37 heavy (non-hydrogen) atoms. The highest BCUT2D eigenvalue weighted by Gasteiger charge is 2.55. The van der Waals surface area contributed by atoms with Crippen LogP contribution in [0.15, 0.2) is 59.5 Å². The molecule has 1 aliphatic rings. The highest BCUT2D eigenvalue weighted by molar-refractivity contribution is 7.93. The minimum absolute atomic E-state index is 0.121. The SMILES string of the molecule is COc1ccc(S(=O)(=O)N2C(=O)C(N)(c3ccccc3OCC(F)F)c3cc(Cl)c(F)cc32)c(OC)c1. The van der Waals surface area contributed by atoms with Crippen molar-refractivity contribution in [1.82, 2.24) is 0 Å². The van der Waals surface area contributed by atoms with E-state index >= 15 is 0 Å². The summed E-state index contributed by atoms with van der Waals surface area (Å²) in [5.74, 6) is -2.29. The van der Waals surface area contributed by atoms with E-state index in [-0.39, 0.29) is 28.4 Å². The van der Waals surface area contributed by atoms with Gasteiger partial charge in [0.2, 0.25) is 0 Å². The molecule has 0 radical (unpaired) electrons. The van der Waals surface area contributed by atoms with Crippen LogP contribution in [-0.2, 0) is 20.4 Å². The Hall–Kier alpha value is -3.48. The maximum atomic E-state index is 14.6. The maximum Gasteiger partial charge on any atom is 0.274 e. The zero-order chi connectivity index (χ0) is 27.1. The zero-order valence-electron chi connectivity index (χ0n) is 19.4. The molecule has 196 valence electrons. The van der Waals surface area contributed by atoms with E-state index in [1.165, 1.54) is 50.6 Å². The van der Waals surface area contributed by atoms with Crippen molar-refractivity contribution in [2.75, 3.05) is 25.1 Å². The molecule has 1 aliphatic heterocycles. The molecule has 0 bridgehead atoms. The number of hydrogen-bond donors (Lipinski definition) is 1. The summed E-state index contributed by atoms with van der Waals surface area (Å²) in [6.07, 6.45) is -2.84. The van der Waals surface area contributed by atoms with E-state index < -0.39 is 55.9 Å². The van der Waals surface area contributed by atoms with Crippen LogP contribution in [0, 0.1) is 5.82 Å². The van der Waals surface area contributed by atoms with E-state index in [4.69, 9.17) is 31.5 Å². The molecular formula is C24H20ClF3N2O6S. The summed E-state index contributed by atoms with van der Waals surface area (Å²) < 4.78 is 83.8. The van der Waals surface area contributed by atoms with Crippen LogP contribution in [0.5, 0.6) is 17.2 Å². The number of alkyl halides is 2. The van der Waals surface area contributed by atoms with Crippen LogP contribution in [0.1, 0.15) is 11.1 Å². The van der Waals surface area contributed by atoms with Gasteiger partial charge in [-0.2, -0.15) is 0 Å². The molecule has 0 spiro atoms. The molecule has 1 heterocycles. The normalized spacial score (nSPS) is 17.2. The van der Waals surface area contributed by atoms with Crippen molar-refractivity contribution in [3.05, 3.63) is 76.6 Å². The molecule has 3 aromatic carbocycles. The van der Waals surface area contributed by atoms with Gasteiger partial charge in [0, 0.05) is 23.3 Å². The number of amides is 1. The van der Waals surface area contributed by atoms with Crippen LogP contribution in [0.25, 0.3) is 0 Å². The third-order valence-electron chi connectivity index (χ3n) is 5.77. The molecule has 2 N–H and O–H groups in total. The summed E-state index contributed by atoms with van der Waals surface area (Å²) in [4.78, 5) is 13.5. The molecule has 0 saturated heterocycles. The standard InChI is InChI=1S/C24H20ClF3N2O6S/c1-34-13-7-8-21(20(9-13)35-2)37(32,33)30-18-11-17(26)16(25)10-15(18)24(29,23(30)31)14-5-3-4-6-19(14)36-12-22(27)28/h3-11,22H,12,29H2,1-2H3. The number of carbonyl (C=O) groups is 1. The van der Waals surface area contributed by atoms with E-state index in [9.17, 15) is 26.4 Å². The first-order chi connectivity index (χ1) is 17.5. The number of ether oxygens (including phenoxy) is 3. The molecule has 0 aliphatic carbocycles. The first-order valence-electron chi connectivity index (χ1n) is 10.6. The third-order valence-corrected chi connectivity index (χ3v) is 7.80. The monoisotopic (exact) mass is 556 g/mol. The molecule has 0 fully saturated rings. The van der Waals surface area contributed by atoms with Gasteiger partial charge in [-0.15, -0.1) is 0 Å². The Morgan fingerprint density at radius 1 is 1.03 bits per heavy atom. The first kappa shape index (κ1) is 26.6. The lowest BCUT2D eigenvalue weighted by Crippen LogP contribution is -2.50. The zero-order valence-corrected chi connectivity index (χ0v) is 20.9. The number of rotatable bonds is 8. The number of halogens is 4. The van der Waals surface area contributed by atoms with E-state index in [0.717, 1.165) is 18.2 Å². The number of hydrogen-bond acceptors (Lipinski definition) is 7. The molecule has 0 aromatic heterocycles. The van der Waals surface area contributed by atoms with Crippen molar-refractivity contribution in [3.63, 3.8) is 0 Å². The van der Waals surface area contributed by atoms with E-state index in [0.29, 0.717) is 4.31 Å². The summed E-state index contributed by atoms with van der Waals surface area (Å²) >= 11 is 5.98. The number of fused-ring (bicyclic) bond motifs is 1. The van der Waals surface area contributed by atoms with Crippen molar-refractivity contribution in [2.24, 2.45) is 5.73 Å². The second-order valence-electron chi connectivity index (χ2n) is 7.88. The number of sulfonamides is 1. The van der Waals surface area contributed by atoms with Crippen molar-refractivity contribution >= 4 is 33.2 Å². The fourth-order valence-corrected chi connectivity index (χ4v) is 5.83. The molecule has 3 aromatic rings. The minimum atomic E-state index is -4.76. The van der Waals surface area contributed by atoms with Gasteiger partial charge in [-0.1, -0.05) is 29.8 Å². The third kappa shape index (κ3) is 4.34. The Morgan fingerprint density at radius 2 is 1.73 bits per heavy atom. The van der Waals surface area contributed by atoms with Gasteiger partial charge in [-0.3, -0.25) is 4.79 Å². The summed E-state index contributed by atoms with van der Waals surface area (Å²) in [5.41, 5.74) is 3.59. The number of benzene rings is 3. The molecule has 13 heteroatoms. The molecule has 0 saturated carbocycles. The second kappa shape index (κ2) is 9.77. The van der Waals surface area contributed by atoms with Gasteiger partial charge in [0.15, 0.2) is 5.54 Å². The Morgan fingerprint density at radius 3 is 2.38 bits per heavy atom. The molecular weight excluding hydrogens is 537 g/mol. The lowest BCUT2D eigenvalue weighted by Gasteiger charge is -2.27. The Labute approximate surface area is 215 Å². The van der Waals surface area contributed by atoms with Crippen LogP contribution in [0.2, 0.25) is 5.02 Å². The Balaban J connectivity index is 1.96. The Kier molecular flexibility index (Phi) is 7.01.